The molecule has 0 atom stereocenters. The summed E-state index contributed by atoms with van der Waals surface area (Å²) < 4.78 is 43.1. The minimum absolute atomic E-state index is 0.0189. The SMILES string of the molecule is C=CC(=O)OC=COc1ccc(-c2ccc(OC(=O)C(=C)C)c(F)c2F)cc1. The lowest BCUT2D eigenvalue weighted by molar-refractivity contribution is -0.132. The predicted molar refractivity (Wildman–Crippen MR) is 98.3 cm³/mol. The van der Waals surface area contributed by atoms with E-state index in [1.54, 1.807) is 0 Å². The first kappa shape index (κ1) is 20.6. The molecule has 0 saturated carbocycles. The van der Waals surface area contributed by atoms with Gasteiger partial charge in [-0.3, -0.25) is 0 Å². The van der Waals surface area contributed by atoms with E-state index in [0.717, 1.165) is 24.7 Å². The Kier molecular flexibility index (Phi) is 6.81. The summed E-state index contributed by atoms with van der Waals surface area (Å²) in [6, 6.07) is 8.51. The minimum Gasteiger partial charge on any atom is -0.462 e. The molecule has 0 bridgehead atoms. The molecule has 0 radical (unpaired) electrons. The van der Waals surface area contributed by atoms with Gasteiger partial charge in [-0.2, -0.15) is 4.39 Å². The highest BCUT2D eigenvalue weighted by Gasteiger charge is 2.18. The van der Waals surface area contributed by atoms with E-state index in [9.17, 15) is 18.4 Å². The Hall–Kier alpha value is -3.74. The number of benzene rings is 2. The van der Waals surface area contributed by atoms with E-state index < -0.39 is 29.3 Å². The summed E-state index contributed by atoms with van der Waals surface area (Å²) in [7, 11) is 0. The van der Waals surface area contributed by atoms with Gasteiger partial charge in [0.05, 0.1) is 0 Å². The predicted octanol–water partition coefficient (Wildman–Crippen LogP) is 4.69. The van der Waals surface area contributed by atoms with Crippen LogP contribution in [0.25, 0.3) is 11.1 Å². The molecule has 0 fully saturated rings. The lowest BCUT2D eigenvalue weighted by Crippen LogP contribution is -2.10. The van der Waals surface area contributed by atoms with Gasteiger partial charge in [-0.05, 0) is 36.8 Å². The highest BCUT2D eigenvalue weighted by Crippen LogP contribution is 2.31. The van der Waals surface area contributed by atoms with Crippen molar-refractivity contribution in [1.82, 2.24) is 0 Å². The van der Waals surface area contributed by atoms with E-state index in [2.05, 4.69) is 17.9 Å². The number of ether oxygens (including phenoxy) is 3. The second-order valence-electron chi connectivity index (χ2n) is 5.46. The molecule has 2 aromatic carbocycles. The maximum Gasteiger partial charge on any atom is 0.338 e. The molecule has 0 saturated heterocycles. The van der Waals surface area contributed by atoms with Crippen LogP contribution in [0.15, 0.2) is 73.7 Å². The minimum atomic E-state index is -1.28. The molecule has 0 N–H and O–H groups in total. The van der Waals surface area contributed by atoms with Gasteiger partial charge in [-0.15, -0.1) is 0 Å². The Labute approximate surface area is 160 Å². The first-order valence-corrected chi connectivity index (χ1v) is 7.94. The van der Waals surface area contributed by atoms with Gasteiger partial charge in [0.2, 0.25) is 5.82 Å². The molecule has 7 heteroatoms. The van der Waals surface area contributed by atoms with Gasteiger partial charge in [-0.1, -0.05) is 25.3 Å². The van der Waals surface area contributed by atoms with Crippen LogP contribution in [0.3, 0.4) is 0 Å². The molecular formula is C21H16F2O5. The summed E-state index contributed by atoms with van der Waals surface area (Å²) in [5.74, 6) is -4.06. The van der Waals surface area contributed by atoms with Crippen molar-refractivity contribution in [2.45, 2.75) is 6.92 Å². The molecule has 0 aromatic heterocycles. The highest BCUT2D eigenvalue weighted by atomic mass is 19.2. The third kappa shape index (κ3) is 5.14. The van der Waals surface area contributed by atoms with E-state index in [-0.39, 0.29) is 11.1 Å². The van der Waals surface area contributed by atoms with E-state index in [1.165, 1.54) is 37.3 Å². The topological polar surface area (TPSA) is 61.8 Å². The second-order valence-corrected chi connectivity index (χ2v) is 5.46. The fourth-order valence-electron chi connectivity index (χ4n) is 1.98. The molecule has 0 aliphatic carbocycles. The molecule has 0 aliphatic heterocycles. The number of carbonyl (C=O) groups excluding carboxylic acids is 2. The summed E-state index contributed by atoms with van der Waals surface area (Å²) in [5, 5.41) is 0. The summed E-state index contributed by atoms with van der Waals surface area (Å²) >= 11 is 0. The van der Waals surface area contributed by atoms with E-state index in [0.29, 0.717) is 11.3 Å². The van der Waals surface area contributed by atoms with Crippen molar-refractivity contribution in [2.75, 3.05) is 0 Å². The van der Waals surface area contributed by atoms with Gasteiger partial charge in [0.1, 0.15) is 18.3 Å². The molecule has 0 amide bonds. The third-order valence-corrected chi connectivity index (χ3v) is 3.37. The number of esters is 2. The Bertz CT molecular complexity index is 946. The van der Waals surface area contributed by atoms with Gasteiger partial charge in [0.25, 0.3) is 0 Å². The Morgan fingerprint density at radius 1 is 1.00 bits per heavy atom. The van der Waals surface area contributed by atoms with Crippen molar-refractivity contribution in [3.05, 3.63) is 85.4 Å². The fraction of sp³-hybridized carbons (Fsp3) is 0.0476. The van der Waals surface area contributed by atoms with Crippen molar-refractivity contribution in [1.29, 1.82) is 0 Å². The first-order chi connectivity index (χ1) is 13.3. The Morgan fingerprint density at radius 3 is 2.29 bits per heavy atom. The molecule has 0 aliphatic rings. The van der Waals surface area contributed by atoms with E-state index in [4.69, 9.17) is 9.47 Å². The lowest BCUT2D eigenvalue weighted by Gasteiger charge is -2.10. The molecule has 2 rings (SSSR count). The fourth-order valence-corrected chi connectivity index (χ4v) is 1.98. The second kappa shape index (κ2) is 9.27. The quantitative estimate of drug-likeness (QED) is 0.299. The van der Waals surface area contributed by atoms with E-state index >= 15 is 0 Å². The molecule has 28 heavy (non-hydrogen) atoms. The molecular weight excluding hydrogens is 370 g/mol. The van der Waals surface area contributed by atoms with Gasteiger partial charge >= 0.3 is 11.9 Å². The number of rotatable bonds is 7. The standard InChI is InChI=1S/C21H16F2O5/c1-4-18(24)27-12-11-26-15-7-5-14(6-8-15)16-9-10-17(20(23)19(16)22)28-21(25)13(2)3/h4-12H,1-2H2,3H3. The van der Waals surface area contributed by atoms with Crippen molar-refractivity contribution in [3.63, 3.8) is 0 Å². The van der Waals surface area contributed by atoms with Gasteiger partial charge in [-0.25, -0.2) is 14.0 Å². The third-order valence-electron chi connectivity index (χ3n) is 3.37. The normalized spacial score (nSPS) is 10.4. The van der Waals surface area contributed by atoms with Crippen LogP contribution in [-0.2, 0) is 14.3 Å². The van der Waals surface area contributed by atoms with E-state index in [1.807, 2.05) is 0 Å². The lowest BCUT2D eigenvalue weighted by atomic mass is 10.0. The van der Waals surface area contributed by atoms with Crippen molar-refractivity contribution in [2.24, 2.45) is 0 Å². The van der Waals surface area contributed by atoms with Crippen LogP contribution < -0.4 is 9.47 Å². The van der Waals surface area contributed by atoms with Crippen molar-refractivity contribution >= 4 is 11.9 Å². The first-order valence-electron chi connectivity index (χ1n) is 7.94. The van der Waals surface area contributed by atoms with Crippen LogP contribution >= 0.6 is 0 Å². The molecule has 0 spiro atoms. The Morgan fingerprint density at radius 2 is 1.68 bits per heavy atom. The average Bonchev–Trinajstić information content (AvgIpc) is 2.69. The maximum absolute atomic E-state index is 14.4. The smallest absolute Gasteiger partial charge is 0.338 e. The van der Waals surface area contributed by atoms with Crippen LogP contribution in [0.1, 0.15) is 6.92 Å². The molecule has 5 nitrogen and oxygen atoms in total. The van der Waals surface area contributed by atoms with Gasteiger partial charge in [0, 0.05) is 17.2 Å². The van der Waals surface area contributed by atoms with Crippen LogP contribution in [-0.4, -0.2) is 11.9 Å². The molecule has 2 aromatic rings. The summed E-state index contributed by atoms with van der Waals surface area (Å²) in [5.41, 5.74) is 0.422. The van der Waals surface area contributed by atoms with Gasteiger partial charge < -0.3 is 14.2 Å². The largest absolute Gasteiger partial charge is 0.462 e. The zero-order valence-corrected chi connectivity index (χ0v) is 14.9. The number of carbonyl (C=O) groups is 2. The average molecular weight is 386 g/mol. The molecule has 144 valence electrons. The number of hydrogen-bond donors (Lipinski definition) is 0. The number of hydrogen-bond acceptors (Lipinski definition) is 5. The van der Waals surface area contributed by atoms with Crippen molar-refractivity contribution in [3.8, 4) is 22.6 Å². The summed E-state index contributed by atoms with van der Waals surface area (Å²) in [6.45, 7) is 8.02. The zero-order chi connectivity index (χ0) is 20.7. The van der Waals surface area contributed by atoms with Gasteiger partial charge in [0.15, 0.2) is 11.6 Å². The van der Waals surface area contributed by atoms with Crippen LogP contribution in [0, 0.1) is 11.6 Å². The van der Waals surface area contributed by atoms with Crippen LogP contribution in [0.5, 0.6) is 11.5 Å². The Balaban J connectivity index is 2.14. The van der Waals surface area contributed by atoms with Crippen molar-refractivity contribution < 1.29 is 32.6 Å². The highest BCUT2D eigenvalue weighted by molar-refractivity contribution is 5.88. The zero-order valence-electron chi connectivity index (χ0n) is 14.9. The molecule has 0 unspecified atom stereocenters. The summed E-state index contributed by atoms with van der Waals surface area (Å²) in [6.07, 6.45) is 3.18. The summed E-state index contributed by atoms with van der Waals surface area (Å²) in [4.78, 5) is 22.3. The number of halogens is 2. The van der Waals surface area contributed by atoms with Crippen LogP contribution in [0.2, 0.25) is 0 Å². The molecule has 0 heterocycles. The monoisotopic (exact) mass is 386 g/mol. The maximum atomic E-state index is 14.4. The van der Waals surface area contributed by atoms with Crippen LogP contribution in [0.4, 0.5) is 8.78 Å².